The maximum Gasteiger partial charge on any atom is 0.0594 e. The fraction of sp³-hybridized carbons (Fsp3) is 1.00. The zero-order chi connectivity index (χ0) is 12.3. The average Bonchev–Trinajstić information content (AvgIpc) is 2.79. The van der Waals surface area contributed by atoms with Gasteiger partial charge in [0.05, 0.1) is 13.2 Å². The third kappa shape index (κ3) is 3.67. The zero-order valence-electron chi connectivity index (χ0n) is 11.7. The molecule has 0 bridgehead atoms. The zero-order valence-corrected chi connectivity index (χ0v) is 11.7. The summed E-state index contributed by atoms with van der Waals surface area (Å²) in [6.45, 7) is 13.7. The lowest BCUT2D eigenvalue weighted by Crippen LogP contribution is -2.43. The van der Waals surface area contributed by atoms with Crippen LogP contribution >= 0.6 is 0 Å². The molecule has 2 saturated heterocycles. The number of hydrogen-bond donors (Lipinski definition) is 0. The van der Waals surface area contributed by atoms with Gasteiger partial charge in [-0.25, -0.2) is 0 Å². The van der Waals surface area contributed by atoms with E-state index in [4.69, 9.17) is 4.74 Å². The highest BCUT2D eigenvalue weighted by atomic mass is 16.5. The third-order valence-corrected chi connectivity index (χ3v) is 4.39. The molecule has 0 aromatic carbocycles. The molecule has 3 nitrogen and oxygen atoms in total. The van der Waals surface area contributed by atoms with Crippen LogP contribution in [-0.2, 0) is 4.74 Å². The molecule has 0 radical (unpaired) electrons. The van der Waals surface area contributed by atoms with E-state index < -0.39 is 0 Å². The molecule has 2 fully saturated rings. The molecule has 17 heavy (non-hydrogen) atoms. The summed E-state index contributed by atoms with van der Waals surface area (Å²) in [4.78, 5) is 5.22. The van der Waals surface area contributed by atoms with Gasteiger partial charge in [0.2, 0.25) is 0 Å². The van der Waals surface area contributed by atoms with Crippen LogP contribution in [0.4, 0.5) is 0 Å². The summed E-state index contributed by atoms with van der Waals surface area (Å²) in [7, 11) is 0. The van der Waals surface area contributed by atoms with Crippen molar-refractivity contribution in [3.05, 3.63) is 0 Å². The lowest BCUT2D eigenvalue weighted by molar-refractivity contribution is 0.0155. The van der Waals surface area contributed by atoms with Gasteiger partial charge >= 0.3 is 0 Å². The SMILES string of the molecule is CC(C)N1CCC(CC(C)N2CCOCC2)C1. The minimum atomic E-state index is 0.721. The number of morpholine rings is 1. The summed E-state index contributed by atoms with van der Waals surface area (Å²) in [5.74, 6) is 0.912. The largest absolute Gasteiger partial charge is 0.379 e. The van der Waals surface area contributed by atoms with Crippen LogP contribution in [0.1, 0.15) is 33.6 Å². The summed E-state index contributed by atoms with van der Waals surface area (Å²) in [6, 6.07) is 1.45. The van der Waals surface area contributed by atoms with E-state index in [1.165, 1.54) is 25.9 Å². The second-order valence-electron chi connectivity index (χ2n) is 5.98. The number of likely N-dealkylation sites (tertiary alicyclic amines) is 1. The van der Waals surface area contributed by atoms with Gasteiger partial charge in [-0.3, -0.25) is 4.90 Å². The van der Waals surface area contributed by atoms with Gasteiger partial charge in [-0.15, -0.1) is 0 Å². The first-order valence-corrected chi connectivity index (χ1v) is 7.22. The molecule has 2 aliphatic rings. The monoisotopic (exact) mass is 240 g/mol. The molecular formula is C14H28N2O. The first-order valence-electron chi connectivity index (χ1n) is 7.22. The molecule has 0 aromatic rings. The highest BCUT2D eigenvalue weighted by Crippen LogP contribution is 2.24. The summed E-state index contributed by atoms with van der Waals surface area (Å²) in [5, 5.41) is 0. The van der Waals surface area contributed by atoms with Crippen LogP contribution < -0.4 is 0 Å². The van der Waals surface area contributed by atoms with Gasteiger partial charge in [0.15, 0.2) is 0 Å². The molecule has 0 aromatic heterocycles. The third-order valence-electron chi connectivity index (χ3n) is 4.39. The summed E-state index contributed by atoms with van der Waals surface area (Å²) in [5.41, 5.74) is 0. The second-order valence-corrected chi connectivity index (χ2v) is 5.98. The Kier molecular flexibility index (Phi) is 4.83. The number of hydrogen-bond acceptors (Lipinski definition) is 3. The molecule has 2 unspecified atom stereocenters. The van der Waals surface area contributed by atoms with Gasteiger partial charge in [-0.05, 0) is 46.1 Å². The van der Waals surface area contributed by atoms with Crippen LogP contribution in [0, 0.1) is 5.92 Å². The summed E-state index contributed by atoms with van der Waals surface area (Å²) >= 11 is 0. The van der Waals surface area contributed by atoms with Crippen LogP contribution in [0.3, 0.4) is 0 Å². The smallest absolute Gasteiger partial charge is 0.0594 e. The topological polar surface area (TPSA) is 15.7 Å². The molecule has 0 N–H and O–H groups in total. The normalized spacial score (nSPS) is 30.0. The Bertz CT molecular complexity index is 226. The molecule has 0 saturated carbocycles. The van der Waals surface area contributed by atoms with Crippen molar-refractivity contribution in [1.29, 1.82) is 0 Å². The highest BCUT2D eigenvalue weighted by Gasteiger charge is 2.27. The van der Waals surface area contributed by atoms with Crippen molar-refractivity contribution >= 4 is 0 Å². The quantitative estimate of drug-likeness (QED) is 0.745. The Morgan fingerprint density at radius 3 is 2.35 bits per heavy atom. The van der Waals surface area contributed by atoms with Gasteiger partial charge in [-0.1, -0.05) is 0 Å². The molecule has 3 heteroatoms. The molecular weight excluding hydrogens is 212 g/mol. The van der Waals surface area contributed by atoms with Crippen molar-refractivity contribution in [2.45, 2.75) is 45.7 Å². The molecule has 2 heterocycles. The Morgan fingerprint density at radius 1 is 1.06 bits per heavy atom. The molecule has 2 atom stereocenters. The van der Waals surface area contributed by atoms with E-state index in [1.54, 1.807) is 0 Å². The van der Waals surface area contributed by atoms with Gasteiger partial charge in [0.1, 0.15) is 0 Å². The molecule has 0 amide bonds. The summed E-state index contributed by atoms with van der Waals surface area (Å²) in [6.07, 6.45) is 2.76. The molecule has 2 aliphatic heterocycles. The number of nitrogens with zero attached hydrogens (tertiary/aromatic N) is 2. The Hall–Kier alpha value is -0.120. The maximum absolute atomic E-state index is 5.42. The van der Waals surface area contributed by atoms with Crippen molar-refractivity contribution in [3.8, 4) is 0 Å². The van der Waals surface area contributed by atoms with Gasteiger partial charge in [-0.2, -0.15) is 0 Å². The minimum absolute atomic E-state index is 0.721. The highest BCUT2D eigenvalue weighted by molar-refractivity contribution is 4.82. The number of rotatable bonds is 4. The van der Waals surface area contributed by atoms with E-state index in [-0.39, 0.29) is 0 Å². The van der Waals surface area contributed by atoms with Crippen LogP contribution in [-0.4, -0.2) is 61.3 Å². The maximum atomic E-state index is 5.42. The molecule has 0 aliphatic carbocycles. The van der Waals surface area contributed by atoms with Crippen LogP contribution in [0.2, 0.25) is 0 Å². The van der Waals surface area contributed by atoms with Gasteiger partial charge in [0.25, 0.3) is 0 Å². The molecule has 100 valence electrons. The van der Waals surface area contributed by atoms with Crippen molar-refractivity contribution in [2.24, 2.45) is 5.92 Å². The molecule has 2 rings (SSSR count). The first kappa shape index (κ1) is 13.3. The Labute approximate surface area is 106 Å². The van der Waals surface area contributed by atoms with Crippen molar-refractivity contribution in [1.82, 2.24) is 9.80 Å². The van der Waals surface area contributed by atoms with E-state index in [0.29, 0.717) is 0 Å². The van der Waals surface area contributed by atoms with E-state index in [9.17, 15) is 0 Å². The van der Waals surface area contributed by atoms with E-state index >= 15 is 0 Å². The van der Waals surface area contributed by atoms with Crippen LogP contribution in [0.5, 0.6) is 0 Å². The van der Waals surface area contributed by atoms with Crippen molar-refractivity contribution in [2.75, 3.05) is 39.4 Å². The first-order chi connectivity index (χ1) is 8.16. The summed E-state index contributed by atoms with van der Waals surface area (Å²) < 4.78 is 5.42. The fourth-order valence-electron chi connectivity index (χ4n) is 3.17. The lowest BCUT2D eigenvalue weighted by Gasteiger charge is -2.33. The predicted molar refractivity (Wildman–Crippen MR) is 71.3 cm³/mol. The van der Waals surface area contributed by atoms with E-state index in [2.05, 4.69) is 30.6 Å². The van der Waals surface area contributed by atoms with E-state index in [0.717, 1.165) is 44.3 Å². The van der Waals surface area contributed by atoms with E-state index in [1.807, 2.05) is 0 Å². The second kappa shape index (κ2) is 6.17. The number of ether oxygens (including phenoxy) is 1. The Morgan fingerprint density at radius 2 is 1.76 bits per heavy atom. The van der Waals surface area contributed by atoms with Gasteiger partial charge in [0, 0.05) is 31.7 Å². The Balaban J connectivity index is 1.73. The van der Waals surface area contributed by atoms with Crippen LogP contribution in [0.15, 0.2) is 0 Å². The standard InChI is InChI=1S/C14H28N2O/c1-12(2)16-5-4-14(11-16)10-13(3)15-6-8-17-9-7-15/h12-14H,4-11H2,1-3H3. The average molecular weight is 240 g/mol. The predicted octanol–water partition coefficient (Wildman–Crippen LogP) is 1.83. The minimum Gasteiger partial charge on any atom is -0.379 e. The fourth-order valence-corrected chi connectivity index (χ4v) is 3.17. The van der Waals surface area contributed by atoms with Crippen molar-refractivity contribution in [3.63, 3.8) is 0 Å². The molecule has 0 spiro atoms. The lowest BCUT2D eigenvalue weighted by atomic mass is 9.99. The van der Waals surface area contributed by atoms with Gasteiger partial charge < -0.3 is 9.64 Å². The van der Waals surface area contributed by atoms with Crippen molar-refractivity contribution < 1.29 is 4.74 Å². The van der Waals surface area contributed by atoms with Crippen LogP contribution in [0.25, 0.3) is 0 Å².